The number of phenolic OH excluding ortho intramolecular Hbond substituents is 1. The molecule has 0 aromatic heterocycles. The maximum Gasteiger partial charge on any atom is 2.00 e. The molecule has 0 amide bonds. The Labute approximate surface area is 370 Å². The van der Waals surface area contributed by atoms with Gasteiger partial charge in [0.15, 0.2) is 11.5 Å². The van der Waals surface area contributed by atoms with E-state index >= 15 is 0 Å². The average molecular weight is 851 g/mol. The fraction of sp³-hybridized carbons (Fsp3) is 0.455. The summed E-state index contributed by atoms with van der Waals surface area (Å²) in [6.45, 7) is 4.38. The molecule has 0 aliphatic rings. The summed E-state index contributed by atoms with van der Waals surface area (Å²) in [6, 6.07) is 22.6. The van der Waals surface area contributed by atoms with Crippen LogP contribution in [0.15, 0.2) is 94.7 Å². The molecule has 0 saturated carbocycles. The van der Waals surface area contributed by atoms with Crippen LogP contribution in [0.4, 0.5) is 0 Å². The quantitative estimate of drug-likeness (QED) is 0.0392. The van der Waals surface area contributed by atoms with E-state index in [0.29, 0.717) is 35.5 Å². The molecule has 2 N–H and O–H groups in total. The van der Waals surface area contributed by atoms with Crippen molar-refractivity contribution in [1.82, 2.24) is 0 Å². The van der Waals surface area contributed by atoms with E-state index in [1.807, 2.05) is 12.1 Å². The third-order valence-corrected chi connectivity index (χ3v) is 11.2. The Hall–Kier alpha value is -2.84. The van der Waals surface area contributed by atoms with Gasteiger partial charge in [0.2, 0.25) is 0 Å². The van der Waals surface area contributed by atoms with Crippen LogP contribution in [-0.2, 0) is 33.1 Å². The Balaban J connectivity index is 0.000000387. The SMILES string of the molecule is CCCCCCCCCCc1cc(Oc2ccccc2)c(O)cc1S(=O)(=O)O.CCCCCCCCCCc1cc(Oc2ccccc2)c([O-])cc1S(=O)(=O)[O-].[Ca+2]. The summed E-state index contributed by atoms with van der Waals surface area (Å²) >= 11 is 0. The first-order valence-electron chi connectivity index (χ1n) is 19.9. The topological polar surface area (TPSA) is 173 Å². The molecule has 4 aromatic carbocycles. The molecule has 0 atom stereocenters. The van der Waals surface area contributed by atoms with Gasteiger partial charge in [0.25, 0.3) is 10.1 Å². The summed E-state index contributed by atoms with van der Waals surface area (Å²) in [5, 5.41) is 22.4. The van der Waals surface area contributed by atoms with Crippen LogP contribution in [0.5, 0.6) is 34.5 Å². The molecular formula is C44H58CaO10S2. The van der Waals surface area contributed by atoms with Crippen molar-refractivity contribution in [2.75, 3.05) is 0 Å². The minimum Gasteiger partial charge on any atom is -0.870 e. The molecule has 57 heavy (non-hydrogen) atoms. The summed E-state index contributed by atoms with van der Waals surface area (Å²) in [5.41, 5.74) is 0.809. The van der Waals surface area contributed by atoms with Crippen LogP contribution in [-0.4, -0.2) is 68.8 Å². The van der Waals surface area contributed by atoms with Crippen molar-refractivity contribution in [1.29, 1.82) is 0 Å². The Bertz CT molecular complexity index is 1810. The van der Waals surface area contributed by atoms with Crippen molar-refractivity contribution in [2.24, 2.45) is 0 Å². The number of rotatable bonds is 24. The first-order chi connectivity index (χ1) is 26.8. The normalized spacial score (nSPS) is 11.3. The van der Waals surface area contributed by atoms with Gasteiger partial charge >= 0.3 is 37.7 Å². The summed E-state index contributed by atoms with van der Waals surface area (Å²) < 4.78 is 78.9. The molecular weight excluding hydrogens is 793 g/mol. The van der Waals surface area contributed by atoms with Crippen LogP contribution in [0.3, 0.4) is 0 Å². The van der Waals surface area contributed by atoms with Crippen LogP contribution in [0.2, 0.25) is 0 Å². The van der Waals surface area contributed by atoms with Gasteiger partial charge in [-0.1, -0.05) is 146 Å². The molecule has 308 valence electrons. The van der Waals surface area contributed by atoms with Crippen LogP contribution in [0.25, 0.3) is 0 Å². The summed E-state index contributed by atoms with van der Waals surface area (Å²) in [7, 11) is -9.13. The van der Waals surface area contributed by atoms with E-state index in [4.69, 9.17) is 9.47 Å². The zero-order valence-corrected chi connectivity index (χ0v) is 37.3. The van der Waals surface area contributed by atoms with Crippen LogP contribution in [0, 0.1) is 0 Å². The third kappa shape index (κ3) is 19.2. The zero-order valence-electron chi connectivity index (χ0n) is 33.5. The fourth-order valence-electron chi connectivity index (χ4n) is 6.33. The van der Waals surface area contributed by atoms with E-state index in [9.17, 15) is 36.2 Å². The van der Waals surface area contributed by atoms with Gasteiger partial charge in [0.1, 0.15) is 32.3 Å². The number of ether oxygens (including phenoxy) is 2. The predicted molar refractivity (Wildman–Crippen MR) is 223 cm³/mol. The molecule has 4 aromatic rings. The minimum absolute atomic E-state index is 0. The second-order valence-electron chi connectivity index (χ2n) is 14.0. The zero-order chi connectivity index (χ0) is 40.8. The van der Waals surface area contributed by atoms with Gasteiger partial charge in [-0.3, -0.25) is 4.55 Å². The summed E-state index contributed by atoms with van der Waals surface area (Å²) in [5.74, 6) is 0.293. The van der Waals surface area contributed by atoms with Crippen molar-refractivity contribution < 1.29 is 45.6 Å². The number of para-hydroxylation sites is 2. The molecule has 0 heterocycles. The molecule has 0 spiro atoms. The average Bonchev–Trinajstić information content (AvgIpc) is 3.16. The van der Waals surface area contributed by atoms with Gasteiger partial charge in [-0.25, -0.2) is 8.42 Å². The van der Waals surface area contributed by atoms with E-state index in [2.05, 4.69) is 13.8 Å². The van der Waals surface area contributed by atoms with Crippen molar-refractivity contribution >= 4 is 58.0 Å². The van der Waals surface area contributed by atoms with Crippen molar-refractivity contribution in [3.05, 3.63) is 96.1 Å². The molecule has 0 saturated heterocycles. The van der Waals surface area contributed by atoms with E-state index in [1.54, 1.807) is 48.5 Å². The molecule has 0 fully saturated rings. The van der Waals surface area contributed by atoms with Gasteiger partial charge in [0, 0.05) is 6.07 Å². The number of hydrogen-bond donors (Lipinski definition) is 2. The molecule has 0 aliphatic heterocycles. The maximum absolute atomic E-state index is 12.2. The summed E-state index contributed by atoms with van der Waals surface area (Å²) in [4.78, 5) is -0.686. The number of aryl methyl sites for hydroxylation is 2. The molecule has 0 bridgehead atoms. The largest absolute Gasteiger partial charge is 2.00 e. The first-order valence-corrected chi connectivity index (χ1v) is 22.8. The molecule has 0 aliphatic carbocycles. The first kappa shape index (κ1) is 50.3. The van der Waals surface area contributed by atoms with Crippen LogP contribution >= 0.6 is 0 Å². The van der Waals surface area contributed by atoms with Gasteiger partial charge in [0.05, 0.1) is 4.90 Å². The predicted octanol–water partition coefficient (Wildman–Crippen LogP) is 10.9. The van der Waals surface area contributed by atoms with Gasteiger partial charge in [-0.15, -0.1) is 0 Å². The monoisotopic (exact) mass is 850 g/mol. The Morgan fingerprint density at radius 3 is 1.35 bits per heavy atom. The third-order valence-electron chi connectivity index (χ3n) is 9.36. The van der Waals surface area contributed by atoms with Crippen LogP contribution < -0.4 is 14.6 Å². The van der Waals surface area contributed by atoms with Crippen molar-refractivity contribution in [3.8, 4) is 34.5 Å². The van der Waals surface area contributed by atoms with Crippen molar-refractivity contribution in [2.45, 2.75) is 139 Å². The molecule has 0 radical (unpaired) electrons. The Morgan fingerprint density at radius 1 is 0.544 bits per heavy atom. The van der Waals surface area contributed by atoms with Crippen LogP contribution in [0.1, 0.15) is 128 Å². The van der Waals surface area contributed by atoms with Gasteiger partial charge < -0.3 is 24.2 Å². The second-order valence-corrected chi connectivity index (χ2v) is 16.8. The molecule has 10 nitrogen and oxygen atoms in total. The summed E-state index contributed by atoms with van der Waals surface area (Å²) in [6.07, 6.45) is 18.9. The number of phenols is 1. The number of unbranched alkanes of at least 4 members (excludes halogenated alkanes) is 14. The Kier molecular flexibility index (Phi) is 23.8. The molecule has 4 rings (SSSR count). The van der Waals surface area contributed by atoms with Gasteiger partial charge in [-0.05, 0) is 79.3 Å². The number of hydrogen-bond acceptors (Lipinski definition) is 9. The molecule has 13 heteroatoms. The van der Waals surface area contributed by atoms with E-state index in [-0.39, 0.29) is 59.9 Å². The van der Waals surface area contributed by atoms with E-state index in [1.165, 1.54) is 69.9 Å². The standard InChI is InChI=1S/2C22H30O5S.Ca/c2*1-2-3-4-5-6-7-8-10-13-18-16-21(27-19-14-11-9-12-15-19)20(23)17-22(18)28(24,25)26;/h2*9,11-12,14-17,23H,2-8,10,13H2,1H3,(H,24,25,26);/q;;+2/p-2. The second kappa shape index (κ2) is 27.0. The smallest absolute Gasteiger partial charge is 0.870 e. The fourth-order valence-corrected chi connectivity index (χ4v) is 7.82. The maximum atomic E-state index is 12.2. The number of aromatic hydroxyl groups is 1. The minimum atomic E-state index is -4.71. The van der Waals surface area contributed by atoms with Gasteiger partial charge in [-0.2, -0.15) is 8.42 Å². The van der Waals surface area contributed by atoms with E-state index in [0.717, 1.165) is 57.1 Å². The van der Waals surface area contributed by atoms with Crippen molar-refractivity contribution in [3.63, 3.8) is 0 Å². The Morgan fingerprint density at radius 2 is 0.930 bits per heavy atom. The van der Waals surface area contributed by atoms with E-state index < -0.39 is 30.9 Å². The molecule has 0 unspecified atom stereocenters. The number of benzene rings is 4.